The Hall–Kier alpha value is -2.89. The summed E-state index contributed by atoms with van der Waals surface area (Å²) in [5.74, 6) is -1.71. The van der Waals surface area contributed by atoms with Gasteiger partial charge < -0.3 is 10.8 Å². The monoisotopic (exact) mass is 285 g/mol. The molecule has 3 rings (SSSR count). The number of nitrogens with zero attached hydrogens (tertiary/aromatic N) is 2. The second kappa shape index (κ2) is 4.59. The van der Waals surface area contributed by atoms with Gasteiger partial charge in [-0.2, -0.15) is 0 Å². The number of nitrogen functional groups attached to an aromatic ring is 1. The topological polar surface area (TPSA) is 80.6 Å². The minimum absolute atomic E-state index is 0.0900. The van der Waals surface area contributed by atoms with Gasteiger partial charge >= 0.3 is 5.97 Å². The molecule has 6 heteroatoms. The number of carboxylic acids is 1. The van der Waals surface area contributed by atoms with Crippen LogP contribution in [-0.2, 0) is 0 Å². The van der Waals surface area contributed by atoms with E-state index in [1.807, 2.05) is 6.92 Å². The standard InChI is InChI=1S/C15H12FN3O2/c1-8-2-3-9(6-11(8)17)13-14(15(20)21)19-7-10(16)4-5-12(19)18-13/h2-7H,17H2,1H3,(H,20,21). The molecule has 21 heavy (non-hydrogen) atoms. The second-order valence-corrected chi connectivity index (χ2v) is 4.76. The van der Waals surface area contributed by atoms with Crippen LogP contribution in [0.4, 0.5) is 10.1 Å². The SMILES string of the molecule is Cc1ccc(-c2nc3ccc(F)cn3c2C(=O)O)cc1N. The van der Waals surface area contributed by atoms with Crippen LogP contribution in [0.5, 0.6) is 0 Å². The zero-order valence-corrected chi connectivity index (χ0v) is 11.2. The number of benzene rings is 1. The number of halogens is 1. The molecule has 5 nitrogen and oxygen atoms in total. The van der Waals surface area contributed by atoms with E-state index in [2.05, 4.69) is 4.98 Å². The molecule has 2 aromatic heterocycles. The Bertz CT molecular complexity index is 871. The van der Waals surface area contributed by atoms with Crippen molar-refractivity contribution in [1.82, 2.24) is 9.38 Å². The highest BCUT2D eigenvalue weighted by Crippen LogP contribution is 2.27. The smallest absolute Gasteiger partial charge is 0.355 e. The van der Waals surface area contributed by atoms with E-state index in [4.69, 9.17) is 5.73 Å². The molecule has 2 heterocycles. The first-order valence-electron chi connectivity index (χ1n) is 6.25. The molecular weight excluding hydrogens is 273 g/mol. The number of fused-ring (bicyclic) bond motifs is 1. The van der Waals surface area contributed by atoms with Gasteiger partial charge in [0.2, 0.25) is 0 Å². The Kier molecular flexibility index (Phi) is 2.86. The number of aryl methyl sites for hydroxylation is 1. The maximum Gasteiger partial charge on any atom is 0.355 e. The summed E-state index contributed by atoms with van der Waals surface area (Å²) >= 11 is 0. The highest BCUT2D eigenvalue weighted by molar-refractivity contribution is 5.95. The van der Waals surface area contributed by atoms with Crippen molar-refractivity contribution in [1.29, 1.82) is 0 Å². The van der Waals surface area contributed by atoms with Crippen LogP contribution in [0.3, 0.4) is 0 Å². The highest BCUT2D eigenvalue weighted by Gasteiger charge is 2.20. The Labute approximate surface area is 119 Å². The van der Waals surface area contributed by atoms with Crippen LogP contribution in [-0.4, -0.2) is 20.5 Å². The van der Waals surface area contributed by atoms with Crippen LogP contribution in [0.1, 0.15) is 16.1 Å². The predicted octanol–water partition coefficient (Wildman–Crippen LogP) is 2.73. The molecule has 0 aliphatic carbocycles. The molecule has 3 aromatic rings. The molecule has 0 bridgehead atoms. The van der Waals surface area contributed by atoms with E-state index in [0.29, 0.717) is 16.9 Å². The van der Waals surface area contributed by atoms with E-state index in [1.165, 1.54) is 16.5 Å². The fourth-order valence-electron chi connectivity index (χ4n) is 2.21. The van der Waals surface area contributed by atoms with Crippen molar-refractivity contribution < 1.29 is 14.3 Å². The van der Waals surface area contributed by atoms with E-state index < -0.39 is 11.8 Å². The lowest BCUT2D eigenvalue weighted by atomic mass is 10.1. The number of hydrogen-bond acceptors (Lipinski definition) is 3. The number of imidazole rings is 1. The van der Waals surface area contributed by atoms with Gasteiger partial charge in [-0.25, -0.2) is 14.2 Å². The van der Waals surface area contributed by atoms with Crippen LogP contribution in [0, 0.1) is 12.7 Å². The second-order valence-electron chi connectivity index (χ2n) is 4.76. The summed E-state index contributed by atoms with van der Waals surface area (Å²) in [4.78, 5) is 15.8. The molecule has 0 fully saturated rings. The summed E-state index contributed by atoms with van der Waals surface area (Å²) in [5.41, 5.74) is 8.42. The largest absolute Gasteiger partial charge is 0.476 e. The molecule has 0 atom stereocenters. The van der Waals surface area contributed by atoms with Gasteiger partial charge in [-0.1, -0.05) is 12.1 Å². The Balaban J connectivity index is 2.33. The Morgan fingerprint density at radius 2 is 2.10 bits per heavy atom. The number of aromatic carboxylic acids is 1. The van der Waals surface area contributed by atoms with Crippen molar-refractivity contribution in [2.24, 2.45) is 0 Å². The van der Waals surface area contributed by atoms with Gasteiger partial charge in [-0.15, -0.1) is 0 Å². The molecule has 0 aliphatic heterocycles. The first-order valence-corrected chi connectivity index (χ1v) is 6.25. The van der Waals surface area contributed by atoms with E-state index >= 15 is 0 Å². The number of pyridine rings is 1. The number of hydrogen-bond donors (Lipinski definition) is 2. The van der Waals surface area contributed by atoms with Gasteiger partial charge in [0, 0.05) is 17.4 Å². The molecule has 0 saturated carbocycles. The van der Waals surface area contributed by atoms with Crippen molar-refractivity contribution >= 4 is 17.3 Å². The van der Waals surface area contributed by atoms with Crippen molar-refractivity contribution in [2.75, 3.05) is 5.73 Å². The van der Waals surface area contributed by atoms with Gasteiger partial charge in [0.05, 0.1) is 0 Å². The molecule has 0 spiro atoms. The van der Waals surface area contributed by atoms with E-state index in [1.54, 1.807) is 18.2 Å². The summed E-state index contributed by atoms with van der Waals surface area (Å²) in [6.45, 7) is 1.86. The quantitative estimate of drug-likeness (QED) is 0.709. The molecule has 0 saturated heterocycles. The summed E-state index contributed by atoms with van der Waals surface area (Å²) in [6.07, 6.45) is 1.10. The van der Waals surface area contributed by atoms with Crippen LogP contribution in [0.15, 0.2) is 36.5 Å². The first kappa shape index (κ1) is 13.1. The maximum absolute atomic E-state index is 13.3. The molecule has 1 aromatic carbocycles. The Morgan fingerprint density at radius 1 is 1.33 bits per heavy atom. The van der Waals surface area contributed by atoms with Crippen LogP contribution >= 0.6 is 0 Å². The third-order valence-electron chi connectivity index (χ3n) is 3.34. The number of nitrogens with two attached hydrogens (primary N) is 1. The lowest BCUT2D eigenvalue weighted by Gasteiger charge is -2.04. The zero-order chi connectivity index (χ0) is 15.1. The van der Waals surface area contributed by atoms with Crippen molar-refractivity contribution in [3.05, 3.63) is 53.6 Å². The van der Waals surface area contributed by atoms with Crippen molar-refractivity contribution in [3.8, 4) is 11.3 Å². The molecule has 0 aliphatic rings. The number of aromatic nitrogens is 2. The fourth-order valence-corrected chi connectivity index (χ4v) is 2.21. The van der Waals surface area contributed by atoms with E-state index in [-0.39, 0.29) is 11.4 Å². The lowest BCUT2D eigenvalue weighted by molar-refractivity contribution is 0.0690. The Morgan fingerprint density at radius 3 is 2.76 bits per heavy atom. The third-order valence-corrected chi connectivity index (χ3v) is 3.34. The normalized spacial score (nSPS) is 11.0. The van der Waals surface area contributed by atoms with Crippen molar-refractivity contribution in [3.63, 3.8) is 0 Å². The number of rotatable bonds is 2. The molecule has 3 N–H and O–H groups in total. The fraction of sp³-hybridized carbons (Fsp3) is 0.0667. The molecule has 0 amide bonds. The zero-order valence-electron chi connectivity index (χ0n) is 11.2. The predicted molar refractivity (Wildman–Crippen MR) is 76.7 cm³/mol. The summed E-state index contributed by atoms with van der Waals surface area (Å²) in [6, 6.07) is 7.88. The highest BCUT2D eigenvalue weighted by atomic mass is 19.1. The molecule has 106 valence electrons. The average Bonchev–Trinajstić information content (AvgIpc) is 2.80. The van der Waals surface area contributed by atoms with E-state index in [0.717, 1.165) is 11.8 Å². The summed E-state index contributed by atoms with van der Waals surface area (Å²) in [5, 5.41) is 9.41. The molecule has 0 unspecified atom stereocenters. The van der Waals surface area contributed by atoms with Gasteiger partial charge in [-0.3, -0.25) is 4.40 Å². The van der Waals surface area contributed by atoms with Gasteiger partial charge in [0.15, 0.2) is 5.69 Å². The number of carboxylic acid groups (broad SMARTS) is 1. The van der Waals surface area contributed by atoms with Crippen LogP contribution in [0.2, 0.25) is 0 Å². The molecule has 0 radical (unpaired) electrons. The van der Waals surface area contributed by atoms with E-state index in [9.17, 15) is 14.3 Å². The minimum Gasteiger partial charge on any atom is -0.476 e. The first-order chi connectivity index (χ1) is 9.97. The van der Waals surface area contributed by atoms with Crippen molar-refractivity contribution in [2.45, 2.75) is 6.92 Å². The summed E-state index contributed by atoms with van der Waals surface area (Å²) in [7, 11) is 0. The van der Waals surface area contributed by atoms with Gasteiger partial charge in [0.25, 0.3) is 0 Å². The number of anilines is 1. The van der Waals surface area contributed by atoms with Gasteiger partial charge in [-0.05, 0) is 30.7 Å². The van der Waals surface area contributed by atoms with Crippen LogP contribution in [0.25, 0.3) is 16.9 Å². The lowest BCUT2D eigenvalue weighted by Crippen LogP contribution is -2.04. The molecular formula is C15H12FN3O2. The van der Waals surface area contributed by atoms with Gasteiger partial charge in [0.1, 0.15) is 17.2 Å². The minimum atomic E-state index is -1.18. The summed E-state index contributed by atoms with van der Waals surface area (Å²) < 4.78 is 14.6. The number of carbonyl (C=O) groups is 1. The average molecular weight is 285 g/mol. The third kappa shape index (κ3) is 2.10. The van der Waals surface area contributed by atoms with Crippen LogP contribution < -0.4 is 5.73 Å². The maximum atomic E-state index is 13.3.